The van der Waals surface area contributed by atoms with Crippen LogP contribution in [0.3, 0.4) is 0 Å². The van der Waals surface area contributed by atoms with E-state index < -0.39 is 0 Å². The average Bonchev–Trinajstić information content (AvgIpc) is 2.90. The second-order valence-electron chi connectivity index (χ2n) is 5.17. The molecule has 0 saturated heterocycles. The summed E-state index contributed by atoms with van der Waals surface area (Å²) in [4.78, 5) is 7.51. The van der Waals surface area contributed by atoms with Gasteiger partial charge in [0.15, 0.2) is 0 Å². The monoisotopic (exact) mass is 290 g/mol. The third-order valence-corrected chi connectivity index (χ3v) is 3.64. The lowest BCUT2D eigenvalue weighted by Gasteiger charge is -2.06. The number of aromatic amines is 1. The van der Waals surface area contributed by atoms with Gasteiger partial charge in [0.2, 0.25) is 5.95 Å². The Hall–Kier alpha value is -3.21. The number of anilines is 3. The topological polar surface area (TPSA) is 87.0 Å². The van der Waals surface area contributed by atoms with Gasteiger partial charge in [-0.1, -0.05) is 36.4 Å². The molecule has 0 aliphatic carbocycles. The summed E-state index contributed by atoms with van der Waals surface area (Å²) in [6.45, 7) is 0. The van der Waals surface area contributed by atoms with E-state index >= 15 is 0 Å². The molecule has 0 aliphatic rings. The second-order valence-corrected chi connectivity index (χ2v) is 5.17. The fourth-order valence-corrected chi connectivity index (χ4v) is 2.64. The largest absolute Gasteiger partial charge is 0.506 e. The van der Waals surface area contributed by atoms with E-state index in [0.717, 1.165) is 16.5 Å². The van der Waals surface area contributed by atoms with Gasteiger partial charge in [-0.15, -0.1) is 0 Å². The van der Waals surface area contributed by atoms with Crippen LogP contribution < -0.4 is 11.1 Å². The summed E-state index contributed by atoms with van der Waals surface area (Å²) >= 11 is 0. The lowest BCUT2D eigenvalue weighted by molar-refractivity contribution is 0.481. The maximum Gasteiger partial charge on any atom is 0.205 e. The number of hydrogen-bond donors (Lipinski definition) is 4. The molecular formula is C17H14N4O. The van der Waals surface area contributed by atoms with Crippen LogP contribution in [0.1, 0.15) is 0 Å². The molecule has 0 unspecified atom stereocenters. The Labute approximate surface area is 126 Å². The van der Waals surface area contributed by atoms with Crippen molar-refractivity contribution in [3.8, 4) is 5.75 Å². The van der Waals surface area contributed by atoms with E-state index in [0.29, 0.717) is 22.7 Å². The molecule has 1 heterocycles. The molecular weight excluding hydrogens is 276 g/mol. The van der Waals surface area contributed by atoms with Gasteiger partial charge in [0, 0.05) is 22.8 Å². The lowest BCUT2D eigenvalue weighted by Crippen LogP contribution is -1.93. The van der Waals surface area contributed by atoms with Crippen LogP contribution in [-0.4, -0.2) is 15.1 Å². The third kappa shape index (κ3) is 2.00. The summed E-state index contributed by atoms with van der Waals surface area (Å²) in [7, 11) is 0. The molecule has 0 atom stereocenters. The molecule has 5 heteroatoms. The summed E-state index contributed by atoms with van der Waals surface area (Å²) in [5.74, 6) is 0.653. The highest BCUT2D eigenvalue weighted by molar-refractivity contribution is 5.95. The number of phenols is 1. The number of imidazole rings is 1. The fraction of sp³-hybridized carbons (Fsp3) is 0. The van der Waals surface area contributed by atoms with Crippen LogP contribution in [0.2, 0.25) is 0 Å². The number of nitrogen functional groups attached to an aromatic ring is 1. The van der Waals surface area contributed by atoms with Crippen molar-refractivity contribution in [1.29, 1.82) is 0 Å². The normalized spacial score (nSPS) is 11.1. The minimum Gasteiger partial charge on any atom is -0.506 e. The van der Waals surface area contributed by atoms with Crippen molar-refractivity contribution in [2.75, 3.05) is 11.1 Å². The molecule has 22 heavy (non-hydrogen) atoms. The van der Waals surface area contributed by atoms with Crippen LogP contribution in [-0.2, 0) is 0 Å². The molecule has 0 saturated carbocycles. The van der Waals surface area contributed by atoms with Crippen molar-refractivity contribution in [3.05, 3.63) is 54.6 Å². The zero-order chi connectivity index (χ0) is 15.1. The van der Waals surface area contributed by atoms with Crippen molar-refractivity contribution in [2.45, 2.75) is 0 Å². The zero-order valence-electron chi connectivity index (χ0n) is 11.7. The number of rotatable bonds is 2. The summed E-state index contributed by atoms with van der Waals surface area (Å²) in [5, 5.41) is 15.4. The first-order valence-corrected chi connectivity index (χ1v) is 6.94. The van der Waals surface area contributed by atoms with Crippen LogP contribution in [0.15, 0.2) is 54.6 Å². The van der Waals surface area contributed by atoms with E-state index in [1.54, 1.807) is 6.07 Å². The number of nitrogens with one attached hydrogen (secondary N) is 2. The van der Waals surface area contributed by atoms with Gasteiger partial charge in [0.05, 0.1) is 5.52 Å². The number of benzene rings is 3. The molecule has 0 bridgehead atoms. The Morgan fingerprint density at radius 3 is 2.77 bits per heavy atom. The molecule has 3 aromatic carbocycles. The number of fused-ring (bicyclic) bond motifs is 2. The first kappa shape index (κ1) is 12.5. The van der Waals surface area contributed by atoms with Gasteiger partial charge in [-0.25, -0.2) is 4.98 Å². The first-order valence-electron chi connectivity index (χ1n) is 6.94. The molecule has 5 N–H and O–H groups in total. The zero-order valence-corrected chi connectivity index (χ0v) is 11.7. The van der Waals surface area contributed by atoms with Crippen molar-refractivity contribution in [1.82, 2.24) is 9.97 Å². The molecule has 4 aromatic rings. The van der Waals surface area contributed by atoms with Crippen molar-refractivity contribution < 1.29 is 5.11 Å². The number of aromatic hydroxyl groups is 1. The third-order valence-electron chi connectivity index (χ3n) is 3.64. The van der Waals surface area contributed by atoms with E-state index in [9.17, 15) is 5.11 Å². The highest BCUT2D eigenvalue weighted by atomic mass is 16.3. The van der Waals surface area contributed by atoms with Crippen LogP contribution in [0.25, 0.3) is 21.8 Å². The van der Waals surface area contributed by atoms with Gasteiger partial charge >= 0.3 is 0 Å². The highest BCUT2D eigenvalue weighted by Gasteiger charge is 2.09. The Kier molecular flexibility index (Phi) is 2.66. The second kappa shape index (κ2) is 4.66. The number of nitrogens with zero attached hydrogens (tertiary/aromatic N) is 1. The Morgan fingerprint density at radius 1 is 1.05 bits per heavy atom. The van der Waals surface area contributed by atoms with Crippen LogP contribution in [0.4, 0.5) is 17.3 Å². The maximum absolute atomic E-state index is 9.92. The Bertz CT molecular complexity index is 985. The molecule has 0 aliphatic heterocycles. The lowest BCUT2D eigenvalue weighted by atomic mass is 10.1. The number of aromatic nitrogens is 2. The van der Waals surface area contributed by atoms with Gasteiger partial charge in [0.25, 0.3) is 0 Å². The van der Waals surface area contributed by atoms with Crippen LogP contribution >= 0.6 is 0 Å². The van der Waals surface area contributed by atoms with E-state index in [2.05, 4.69) is 33.5 Å². The molecule has 0 amide bonds. The van der Waals surface area contributed by atoms with Gasteiger partial charge < -0.3 is 21.1 Å². The standard InChI is InChI=1S/C17H14N4O/c18-11-8-14-16(15(22)9-11)21-17(20-14)19-13-7-3-5-10-4-1-2-6-12(10)13/h1-9,22H,18H2,(H2,19,20,21). The van der Waals surface area contributed by atoms with Gasteiger partial charge in [0.1, 0.15) is 11.3 Å². The van der Waals surface area contributed by atoms with Gasteiger partial charge in [-0.2, -0.15) is 0 Å². The summed E-state index contributed by atoms with van der Waals surface area (Å²) in [6.07, 6.45) is 0. The van der Waals surface area contributed by atoms with E-state index in [4.69, 9.17) is 5.73 Å². The average molecular weight is 290 g/mol. The van der Waals surface area contributed by atoms with E-state index in [1.807, 2.05) is 24.3 Å². The molecule has 0 radical (unpaired) electrons. The molecule has 0 fully saturated rings. The number of phenolic OH excluding ortho intramolecular Hbond substituents is 1. The Morgan fingerprint density at radius 2 is 1.86 bits per heavy atom. The summed E-state index contributed by atoms with van der Waals surface area (Å²) in [5.41, 5.74) is 8.35. The predicted octanol–water partition coefficient (Wildman–Crippen LogP) is 3.75. The van der Waals surface area contributed by atoms with Crippen molar-refractivity contribution in [3.63, 3.8) is 0 Å². The summed E-state index contributed by atoms with van der Waals surface area (Å²) < 4.78 is 0. The van der Waals surface area contributed by atoms with Gasteiger partial charge in [-0.05, 0) is 17.5 Å². The van der Waals surface area contributed by atoms with Crippen molar-refractivity contribution >= 4 is 39.1 Å². The van der Waals surface area contributed by atoms with E-state index in [1.165, 1.54) is 6.07 Å². The highest BCUT2D eigenvalue weighted by Crippen LogP contribution is 2.30. The van der Waals surface area contributed by atoms with Crippen molar-refractivity contribution in [2.24, 2.45) is 0 Å². The smallest absolute Gasteiger partial charge is 0.205 e. The quantitative estimate of drug-likeness (QED) is 0.423. The minimum absolute atomic E-state index is 0.0912. The van der Waals surface area contributed by atoms with Crippen LogP contribution in [0, 0.1) is 0 Å². The first-order chi connectivity index (χ1) is 10.7. The number of nitrogens with two attached hydrogens (primary N) is 1. The molecule has 0 spiro atoms. The predicted molar refractivity (Wildman–Crippen MR) is 89.4 cm³/mol. The Balaban J connectivity index is 1.81. The van der Waals surface area contributed by atoms with E-state index in [-0.39, 0.29) is 5.75 Å². The molecule has 1 aromatic heterocycles. The molecule has 5 nitrogen and oxygen atoms in total. The van der Waals surface area contributed by atoms with Crippen LogP contribution in [0.5, 0.6) is 5.75 Å². The number of H-pyrrole nitrogens is 1. The number of hydrogen-bond acceptors (Lipinski definition) is 4. The molecule has 4 rings (SSSR count). The SMILES string of the molecule is Nc1cc(O)c2[nH]c(Nc3cccc4ccccc34)nc2c1. The van der Waals surface area contributed by atoms with Gasteiger partial charge in [-0.3, -0.25) is 0 Å². The fourth-order valence-electron chi connectivity index (χ4n) is 2.64. The maximum atomic E-state index is 9.92. The molecule has 108 valence electrons. The summed E-state index contributed by atoms with van der Waals surface area (Å²) in [6, 6.07) is 17.4. The minimum atomic E-state index is 0.0912.